The largest absolute Gasteiger partial charge is 0.443 e. The molecule has 0 saturated carbocycles. The normalized spacial score (nSPS) is 15.6. The molecule has 0 bridgehead atoms. The summed E-state index contributed by atoms with van der Waals surface area (Å²) in [4.78, 5) is 4.65. The van der Waals surface area contributed by atoms with E-state index in [0.29, 0.717) is 29.4 Å². The van der Waals surface area contributed by atoms with Crippen molar-refractivity contribution in [3.63, 3.8) is 0 Å². The summed E-state index contributed by atoms with van der Waals surface area (Å²) < 4.78 is 37.6. The van der Waals surface area contributed by atoms with E-state index >= 15 is 0 Å². The van der Waals surface area contributed by atoms with Gasteiger partial charge in [0.25, 0.3) is 0 Å². The number of oxazole rings is 1. The molecule has 0 N–H and O–H groups in total. The Kier molecular flexibility index (Phi) is 4.52. The Morgan fingerprint density at radius 2 is 2.04 bits per heavy atom. The van der Waals surface area contributed by atoms with Crippen molar-refractivity contribution in [1.29, 1.82) is 0 Å². The lowest BCUT2D eigenvalue weighted by molar-refractivity contribution is 0.158. The highest BCUT2D eigenvalue weighted by atomic mass is 32.2. The van der Waals surface area contributed by atoms with Gasteiger partial charge in [-0.05, 0) is 24.1 Å². The number of hydrogen-bond acceptors (Lipinski definition) is 5. The maximum Gasteiger partial charge on any atom is 0.243 e. The second kappa shape index (κ2) is 6.43. The summed E-state index contributed by atoms with van der Waals surface area (Å²) >= 11 is 0. The number of aryl methyl sites for hydroxylation is 1. The van der Waals surface area contributed by atoms with Crippen molar-refractivity contribution in [2.45, 2.75) is 37.8 Å². The van der Waals surface area contributed by atoms with E-state index in [0.717, 1.165) is 17.7 Å². The summed E-state index contributed by atoms with van der Waals surface area (Å²) in [6.07, 6.45) is 1.41. The molecule has 0 spiro atoms. The van der Waals surface area contributed by atoms with Crippen molar-refractivity contribution >= 4 is 10.0 Å². The summed E-state index contributed by atoms with van der Waals surface area (Å²) in [6, 6.07) is 7.05. The van der Waals surface area contributed by atoms with Gasteiger partial charge in [0, 0.05) is 20.1 Å². The quantitative estimate of drug-likeness (QED) is 0.836. The van der Waals surface area contributed by atoms with E-state index in [9.17, 15) is 8.42 Å². The van der Waals surface area contributed by atoms with Gasteiger partial charge in [-0.2, -0.15) is 4.31 Å². The van der Waals surface area contributed by atoms with Crippen LogP contribution in [0.15, 0.2) is 33.6 Å². The monoisotopic (exact) mass is 336 g/mol. The van der Waals surface area contributed by atoms with Gasteiger partial charge < -0.3 is 9.15 Å². The number of aromatic nitrogens is 1. The van der Waals surface area contributed by atoms with Gasteiger partial charge in [-0.1, -0.05) is 19.1 Å². The molecule has 1 aromatic heterocycles. The molecule has 124 valence electrons. The molecule has 7 heteroatoms. The fourth-order valence-corrected chi connectivity index (χ4v) is 4.07. The molecule has 2 aromatic rings. The first-order valence-corrected chi connectivity index (χ1v) is 9.04. The Bertz CT molecular complexity index is 781. The predicted molar refractivity (Wildman–Crippen MR) is 84.3 cm³/mol. The smallest absolute Gasteiger partial charge is 0.243 e. The molecule has 0 radical (unpaired) electrons. The molecule has 1 aromatic carbocycles. The third kappa shape index (κ3) is 3.17. The topological polar surface area (TPSA) is 72.6 Å². The van der Waals surface area contributed by atoms with Crippen molar-refractivity contribution in [2.24, 2.45) is 0 Å². The van der Waals surface area contributed by atoms with Crippen molar-refractivity contribution < 1.29 is 17.6 Å². The molecule has 0 atom stereocenters. The molecule has 0 amide bonds. The first-order chi connectivity index (χ1) is 11.0. The number of nitrogens with zero attached hydrogens (tertiary/aromatic N) is 2. The molecule has 6 nitrogen and oxygen atoms in total. The van der Waals surface area contributed by atoms with E-state index in [1.165, 1.54) is 4.31 Å². The first-order valence-electron chi connectivity index (χ1n) is 7.60. The number of ether oxygens (including phenoxy) is 1. The van der Waals surface area contributed by atoms with Crippen molar-refractivity contribution in [3.05, 3.63) is 47.2 Å². The van der Waals surface area contributed by atoms with Gasteiger partial charge in [-0.15, -0.1) is 0 Å². The van der Waals surface area contributed by atoms with E-state index < -0.39 is 10.0 Å². The van der Waals surface area contributed by atoms with Crippen LogP contribution < -0.4 is 0 Å². The zero-order valence-corrected chi connectivity index (χ0v) is 14.1. The fraction of sp³-hybridized carbons (Fsp3) is 0.438. The first kappa shape index (κ1) is 16.2. The van der Waals surface area contributed by atoms with Gasteiger partial charge in [0.15, 0.2) is 0 Å². The Morgan fingerprint density at radius 1 is 1.30 bits per heavy atom. The lowest BCUT2D eigenvalue weighted by Crippen LogP contribution is -2.35. The van der Waals surface area contributed by atoms with Crippen molar-refractivity contribution in [1.82, 2.24) is 9.29 Å². The summed E-state index contributed by atoms with van der Waals surface area (Å²) in [6.45, 7) is 2.96. The van der Waals surface area contributed by atoms with Crippen LogP contribution in [0.4, 0.5) is 0 Å². The van der Waals surface area contributed by atoms with Crippen LogP contribution in [-0.2, 0) is 40.8 Å². The Hall–Kier alpha value is -1.70. The number of methoxy groups -OCH3 is 1. The van der Waals surface area contributed by atoms with E-state index in [-0.39, 0.29) is 13.2 Å². The molecule has 0 saturated heterocycles. The van der Waals surface area contributed by atoms with E-state index in [2.05, 4.69) is 4.98 Å². The Morgan fingerprint density at radius 3 is 2.70 bits per heavy atom. The Labute approximate surface area is 136 Å². The fourth-order valence-electron chi connectivity index (χ4n) is 2.66. The second-order valence-corrected chi connectivity index (χ2v) is 7.43. The molecule has 3 rings (SSSR count). The maximum atomic E-state index is 12.8. The van der Waals surface area contributed by atoms with Gasteiger partial charge in [0.05, 0.1) is 17.1 Å². The highest BCUT2D eigenvalue weighted by Gasteiger charge is 2.31. The van der Waals surface area contributed by atoms with Crippen LogP contribution in [0, 0.1) is 0 Å². The number of hydrogen-bond donors (Lipinski definition) is 0. The number of sulfonamides is 1. The third-order valence-corrected chi connectivity index (χ3v) is 5.83. The lowest BCUT2D eigenvalue weighted by Gasteiger charge is -2.24. The van der Waals surface area contributed by atoms with Crippen LogP contribution >= 0.6 is 0 Å². The molecule has 2 heterocycles. The van der Waals surface area contributed by atoms with Crippen LogP contribution in [-0.4, -0.2) is 31.4 Å². The van der Waals surface area contributed by atoms with Gasteiger partial charge >= 0.3 is 0 Å². The summed E-state index contributed by atoms with van der Waals surface area (Å²) in [5.74, 6) is 1.24. The van der Waals surface area contributed by atoms with Crippen molar-refractivity contribution in [3.8, 4) is 0 Å². The standard InChI is InChI=1S/C16H20N2O4S/c1-3-12-4-6-13(7-5-12)23(19,20)18-9-8-15-14(10-18)17-16(22-15)11-21-2/h4-7H,3,8-11H2,1-2H3. The lowest BCUT2D eigenvalue weighted by atomic mass is 10.2. The SMILES string of the molecule is CCc1ccc(S(=O)(=O)N2CCc3oc(COC)nc3C2)cc1. The zero-order valence-electron chi connectivity index (χ0n) is 13.3. The van der Waals surface area contributed by atoms with Crippen LogP contribution in [0.3, 0.4) is 0 Å². The molecule has 0 fully saturated rings. The summed E-state index contributed by atoms with van der Waals surface area (Å²) in [7, 11) is -1.94. The minimum atomic E-state index is -3.51. The van der Waals surface area contributed by atoms with Crippen LogP contribution in [0.2, 0.25) is 0 Å². The van der Waals surface area contributed by atoms with E-state index in [1.807, 2.05) is 19.1 Å². The van der Waals surface area contributed by atoms with Crippen LogP contribution in [0.1, 0.15) is 29.8 Å². The van der Waals surface area contributed by atoms with Crippen LogP contribution in [0.25, 0.3) is 0 Å². The summed E-state index contributed by atoms with van der Waals surface area (Å²) in [5, 5.41) is 0. The van der Waals surface area contributed by atoms with Gasteiger partial charge in [-0.25, -0.2) is 13.4 Å². The van der Waals surface area contributed by atoms with E-state index in [4.69, 9.17) is 9.15 Å². The highest BCUT2D eigenvalue weighted by molar-refractivity contribution is 7.89. The predicted octanol–water partition coefficient (Wildman–Crippen LogP) is 2.13. The Balaban J connectivity index is 1.83. The van der Waals surface area contributed by atoms with Crippen LogP contribution in [0.5, 0.6) is 0 Å². The number of fused-ring (bicyclic) bond motifs is 1. The molecule has 0 aliphatic carbocycles. The molecular weight excluding hydrogens is 316 g/mol. The van der Waals surface area contributed by atoms with Gasteiger partial charge in [0.1, 0.15) is 12.4 Å². The van der Waals surface area contributed by atoms with Crippen molar-refractivity contribution in [2.75, 3.05) is 13.7 Å². The molecular formula is C16H20N2O4S. The minimum absolute atomic E-state index is 0.237. The second-order valence-electron chi connectivity index (χ2n) is 5.50. The zero-order chi connectivity index (χ0) is 16.4. The number of benzene rings is 1. The molecule has 23 heavy (non-hydrogen) atoms. The highest BCUT2D eigenvalue weighted by Crippen LogP contribution is 2.25. The average Bonchev–Trinajstić information content (AvgIpc) is 2.96. The third-order valence-electron chi connectivity index (χ3n) is 3.97. The average molecular weight is 336 g/mol. The minimum Gasteiger partial charge on any atom is -0.443 e. The maximum absolute atomic E-state index is 12.8. The molecule has 1 aliphatic rings. The molecule has 0 unspecified atom stereocenters. The summed E-state index contributed by atoms with van der Waals surface area (Å²) in [5.41, 5.74) is 1.79. The van der Waals surface area contributed by atoms with Gasteiger partial charge in [0.2, 0.25) is 15.9 Å². The molecule has 1 aliphatic heterocycles. The number of rotatable bonds is 5. The van der Waals surface area contributed by atoms with E-state index in [1.54, 1.807) is 19.2 Å². The van der Waals surface area contributed by atoms with Gasteiger partial charge in [-0.3, -0.25) is 0 Å².